The van der Waals surface area contributed by atoms with Crippen molar-refractivity contribution in [2.75, 3.05) is 17.2 Å². The van der Waals surface area contributed by atoms with Gasteiger partial charge in [-0.1, -0.05) is 0 Å². The maximum atomic E-state index is 13.9. The van der Waals surface area contributed by atoms with Crippen LogP contribution < -0.4 is 16.0 Å². The quantitative estimate of drug-likeness (QED) is 0.535. The van der Waals surface area contributed by atoms with Crippen LogP contribution in [0, 0.1) is 11.6 Å². The number of carbonyl (C=O) groups excluding carboxylic acids is 1. The summed E-state index contributed by atoms with van der Waals surface area (Å²) in [4.78, 5) is 20.2. The summed E-state index contributed by atoms with van der Waals surface area (Å²) >= 11 is 0. The summed E-state index contributed by atoms with van der Waals surface area (Å²) in [7, 11) is 0. The maximum absolute atomic E-state index is 13.9. The summed E-state index contributed by atoms with van der Waals surface area (Å²) in [6, 6.07) is 2.39. The van der Waals surface area contributed by atoms with E-state index in [4.69, 9.17) is 0 Å². The van der Waals surface area contributed by atoms with Gasteiger partial charge in [0.05, 0.1) is 29.6 Å². The number of anilines is 3. The fourth-order valence-electron chi connectivity index (χ4n) is 2.43. The third-order valence-electron chi connectivity index (χ3n) is 4.35. The first-order chi connectivity index (χ1) is 13.6. The molecule has 0 aliphatic heterocycles. The number of alkyl halides is 1. The maximum Gasteiger partial charge on any atom is 0.255 e. The molecule has 1 fully saturated rings. The van der Waals surface area contributed by atoms with Gasteiger partial charge in [0, 0.05) is 24.4 Å². The van der Waals surface area contributed by atoms with Gasteiger partial charge < -0.3 is 21.1 Å². The van der Waals surface area contributed by atoms with Crippen LogP contribution in [0.5, 0.6) is 0 Å². The number of carbonyl (C=O) groups is 1. The molecular formula is C19H22F3N5O2. The first kappa shape index (κ1) is 20.8. The van der Waals surface area contributed by atoms with Crippen molar-refractivity contribution >= 4 is 23.2 Å². The summed E-state index contributed by atoms with van der Waals surface area (Å²) in [6.45, 7) is 2.26. The van der Waals surface area contributed by atoms with Crippen LogP contribution >= 0.6 is 0 Å². The molecule has 1 atom stereocenters. The molecule has 2 aromatic rings. The van der Waals surface area contributed by atoms with E-state index in [-0.39, 0.29) is 29.8 Å². The summed E-state index contributed by atoms with van der Waals surface area (Å²) in [5, 5.41) is 17.9. The van der Waals surface area contributed by atoms with Crippen LogP contribution in [-0.4, -0.2) is 45.3 Å². The fraction of sp³-hybridized carbons (Fsp3) is 0.421. The van der Waals surface area contributed by atoms with Crippen LogP contribution in [0.15, 0.2) is 24.5 Å². The molecule has 1 aliphatic rings. The van der Waals surface area contributed by atoms with Crippen molar-refractivity contribution in [3.05, 3.63) is 41.7 Å². The van der Waals surface area contributed by atoms with E-state index in [2.05, 4.69) is 25.9 Å². The Kier molecular flexibility index (Phi) is 5.92. The molecule has 0 saturated heterocycles. The van der Waals surface area contributed by atoms with E-state index in [1.54, 1.807) is 0 Å². The van der Waals surface area contributed by atoms with Crippen molar-refractivity contribution in [3.8, 4) is 0 Å². The molecule has 0 bridgehead atoms. The van der Waals surface area contributed by atoms with Crippen molar-refractivity contribution in [2.45, 2.75) is 44.5 Å². The minimum absolute atomic E-state index is 0.179. The van der Waals surface area contributed by atoms with Crippen LogP contribution in [-0.2, 0) is 0 Å². The van der Waals surface area contributed by atoms with Crippen molar-refractivity contribution in [1.29, 1.82) is 0 Å². The van der Waals surface area contributed by atoms with Gasteiger partial charge in [0.15, 0.2) is 11.6 Å². The number of nitrogens with one attached hydrogen (secondary N) is 3. The van der Waals surface area contributed by atoms with Crippen molar-refractivity contribution < 1.29 is 23.1 Å². The second-order valence-electron chi connectivity index (χ2n) is 7.47. The molecule has 3 rings (SSSR count). The van der Waals surface area contributed by atoms with E-state index in [0.29, 0.717) is 11.8 Å². The molecule has 156 valence electrons. The van der Waals surface area contributed by atoms with E-state index in [1.165, 1.54) is 26.1 Å². The van der Waals surface area contributed by atoms with Crippen LogP contribution in [0.3, 0.4) is 0 Å². The zero-order chi connectivity index (χ0) is 21.2. The third kappa shape index (κ3) is 5.57. The Labute approximate surface area is 165 Å². The zero-order valence-corrected chi connectivity index (χ0v) is 16.0. The number of nitrogens with zero attached hydrogens (tertiary/aromatic N) is 2. The third-order valence-corrected chi connectivity index (χ3v) is 4.35. The van der Waals surface area contributed by atoms with Crippen LogP contribution in [0.4, 0.5) is 30.5 Å². The molecule has 4 N–H and O–H groups in total. The molecule has 29 heavy (non-hydrogen) atoms. The molecule has 0 radical (unpaired) electrons. The minimum Gasteiger partial charge on any atom is -0.387 e. The highest BCUT2D eigenvalue weighted by atomic mass is 19.1. The second kappa shape index (κ2) is 8.24. The normalized spacial score (nSPS) is 15.0. The SMILES string of the molecule is CC(C)(O)C(F)CNC(=O)c1cnc(Nc2ncc(F)cc2F)cc1NC1CC1. The Balaban J connectivity index is 1.77. The van der Waals surface area contributed by atoms with Gasteiger partial charge in [0.2, 0.25) is 0 Å². The Bertz CT molecular complexity index is 900. The number of rotatable bonds is 8. The first-order valence-corrected chi connectivity index (χ1v) is 9.13. The molecule has 2 heterocycles. The molecule has 1 unspecified atom stereocenters. The van der Waals surface area contributed by atoms with E-state index in [1.807, 2.05) is 0 Å². The predicted octanol–water partition coefficient (Wildman–Crippen LogP) is 2.91. The molecule has 1 amide bonds. The Morgan fingerprint density at radius 1 is 1.28 bits per heavy atom. The number of pyridine rings is 2. The van der Waals surface area contributed by atoms with E-state index >= 15 is 0 Å². The number of aromatic nitrogens is 2. The summed E-state index contributed by atoms with van der Waals surface area (Å²) < 4.78 is 40.7. The van der Waals surface area contributed by atoms with Gasteiger partial charge in [-0.2, -0.15) is 0 Å². The number of hydrogen-bond acceptors (Lipinski definition) is 6. The van der Waals surface area contributed by atoms with E-state index in [9.17, 15) is 23.1 Å². The zero-order valence-electron chi connectivity index (χ0n) is 16.0. The van der Waals surface area contributed by atoms with Gasteiger partial charge in [-0.05, 0) is 26.7 Å². The van der Waals surface area contributed by atoms with Gasteiger partial charge >= 0.3 is 0 Å². The van der Waals surface area contributed by atoms with Gasteiger partial charge in [-0.25, -0.2) is 23.1 Å². The summed E-state index contributed by atoms with van der Waals surface area (Å²) in [6.07, 6.45) is 2.36. The topological polar surface area (TPSA) is 99.2 Å². The molecule has 1 aliphatic carbocycles. The van der Waals surface area contributed by atoms with Gasteiger partial charge in [0.25, 0.3) is 5.91 Å². The molecule has 10 heteroatoms. The average molecular weight is 409 g/mol. The monoisotopic (exact) mass is 409 g/mol. The Hall–Kier alpha value is -2.88. The molecule has 0 aromatic carbocycles. The van der Waals surface area contributed by atoms with Crippen molar-refractivity contribution in [3.63, 3.8) is 0 Å². The van der Waals surface area contributed by atoms with Gasteiger partial charge in [-0.3, -0.25) is 4.79 Å². The predicted molar refractivity (Wildman–Crippen MR) is 102 cm³/mol. The van der Waals surface area contributed by atoms with Crippen molar-refractivity contribution in [2.24, 2.45) is 0 Å². The highest BCUT2D eigenvalue weighted by Gasteiger charge is 2.28. The first-order valence-electron chi connectivity index (χ1n) is 9.13. The summed E-state index contributed by atoms with van der Waals surface area (Å²) in [5.74, 6) is -2.26. The molecule has 2 aromatic heterocycles. The fourth-order valence-corrected chi connectivity index (χ4v) is 2.43. The van der Waals surface area contributed by atoms with Gasteiger partial charge in [0.1, 0.15) is 17.8 Å². The standard InChI is InChI=1S/C19H22F3N5O2/c1-19(2,29)15(22)9-25-18(28)12-8-23-16(6-14(12)26-11-3-4-11)27-17-13(21)5-10(20)7-24-17/h5-8,11,15,29H,3-4,9H2,1-2H3,(H,25,28)(H2,23,24,26,27). The lowest BCUT2D eigenvalue weighted by Gasteiger charge is -2.22. The second-order valence-corrected chi connectivity index (χ2v) is 7.47. The van der Waals surface area contributed by atoms with Crippen molar-refractivity contribution in [1.82, 2.24) is 15.3 Å². The number of aliphatic hydroxyl groups is 1. The lowest BCUT2D eigenvalue weighted by molar-refractivity contribution is -0.00177. The van der Waals surface area contributed by atoms with E-state index in [0.717, 1.165) is 19.0 Å². The number of halogens is 3. The lowest BCUT2D eigenvalue weighted by Crippen LogP contribution is -2.42. The van der Waals surface area contributed by atoms with Crippen LogP contribution in [0.25, 0.3) is 0 Å². The van der Waals surface area contributed by atoms with E-state index < -0.39 is 29.3 Å². The Morgan fingerprint density at radius 3 is 2.62 bits per heavy atom. The van der Waals surface area contributed by atoms with Crippen LogP contribution in [0.1, 0.15) is 37.0 Å². The Morgan fingerprint density at radius 2 is 2.00 bits per heavy atom. The smallest absolute Gasteiger partial charge is 0.255 e. The molecular weight excluding hydrogens is 387 g/mol. The molecule has 0 spiro atoms. The van der Waals surface area contributed by atoms with Gasteiger partial charge in [-0.15, -0.1) is 0 Å². The largest absolute Gasteiger partial charge is 0.387 e. The number of hydrogen-bond donors (Lipinski definition) is 4. The highest BCUT2D eigenvalue weighted by molar-refractivity contribution is 6.00. The average Bonchev–Trinajstić information content (AvgIpc) is 3.45. The summed E-state index contributed by atoms with van der Waals surface area (Å²) in [5.41, 5.74) is -0.970. The lowest BCUT2D eigenvalue weighted by atomic mass is 10.0. The number of amides is 1. The van der Waals surface area contributed by atoms with Crippen LogP contribution in [0.2, 0.25) is 0 Å². The highest BCUT2D eigenvalue weighted by Crippen LogP contribution is 2.29. The molecule has 7 nitrogen and oxygen atoms in total. The molecule has 1 saturated carbocycles. The minimum atomic E-state index is -1.65.